The number of esters is 1. The van der Waals surface area contributed by atoms with Gasteiger partial charge in [0.15, 0.2) is 0 Å². The average Bonchev–Trinajstić information content (AvgIpc) is 2.80. The quantitative estimate of drug-likeness (QED) is 0.808. The van der Waals surface area contributed by atoms with Crippen LogP contribution in [0.5, 0.6) is 0 Å². The fourth-order valence-electron chi connectivity index (χ4n) is 2.88. The van der Waals surface area contributed by atoms with Crippen LogP contribution in [0.25, 0.3) is 0 Å². The van der Waals surface area contributed by atoms with Crippen molar-refractivity contribution in [2.24, 2.45) is 11.8 Å². The summed E-state index contributed by atoms with van der Waals surface area (Å²) in [6.45, 7) is 5.21. The van der Waals surface area contributed by atoms with E-state index in [1.165, 1.54) is 11.8 Å². The number of nitrogens with zero attached hydrogens (tertiary/aromatic N) is 1. The molecular formula is C18H21NO5. The second-order valence-corrected chi connectivity index (χ2v) is 5.73. The lowest BCUT2D eigenvalue weighted by Gasteiger charge is -2.20. The number of carboxylic acid groups (broad SMARTS) is 1. The first kappa shape index (κ1) is 17.7. The third-order valence-corrected chi connectivity index (χ3v) is 4.21. The minimum atomic E-state index is -1.12. The summed E-state index contributed by atoms with van der Waals surface area (Å²) in [5.74, 6) is -4.16. The molecule has 0 bridgehead atoms. The fraction of sp³-hybridized carbons (Fsp3) is 0.389. The highest BCUT2D eigenvalue weighted by atomic mass is 16.5. The van der Waals surface area contributed by atoms with Crippen LogP contribution in [0.15, 0.2) is 41.6 Å². The van der Waals surface area contributed by atoms with Crippen molar-refractivity contribution in [3.05, 3.63) is 47.2 Å². The van der Waals surface area contributed by atoms with E-state index in [0.29, 0.717) is 5.70 Å². The van der Waals surface area contributed by atoms with Gasteiger partial charge in [-0.15, -0.1) is 0 Å². The Morgan fingerprint density at radius 1 is 1.29 bits per heavy atom. The molecule has 1 amide bonds. The van der Waals surface area contributed by atoms with Gasteiger partial charge >= 0.3 is 11.9 Å². The van der Waals surface area contributed by atoms with Crippen LogP contribution < -0.4 is 0 Å². The van der Waals surface area contributed by atoms with Crippen LogP contribution in [0, 0.1) is 11.8 Å². The number of carbonyl (C=O) groups is 3. The Hall–Kier alpha value is -2.63. The highest BCUT2D eigenvalue weighted by Gasteiger charge is 2.46. The summed E-state index contributed by atoms with van der Waals surface area (Å²) in [4.78, 5) is 37.9. The molecule has 6 nitrogen and oxygen atoms in total. The van der Waals surface area contributed by atoms with E-state index >= 15 is 0 Å². The Kier molecular flexibility index (Phi) is 5.39. The lowest BCUT2D eigenvalue weighted by Crippen LogP contribution is -2.34. The largest absolute Gasteiger partial charge is 0.481 e. The van der Waals surface area contributed by atoms with Crippen LogP contribution in [-0.4, -0.2) is 34.5 Å². The second kappa shape index (κ2) is 7.29. The first-order valence-electron chi connectivity index (χ1n) is 7.84. The van der Waals surface area contributed by atoms with Gasteiger partial charge in [-0.1, -0.05) is 37.3 Å². The topological polar surface area (TPSA) is 83.9 Å². The lowest BCUT2D eigenvalue weighted by molar-refractivity contribution is -0.148. The van der Waals surface area contributed by atoms with Gasteiger partial charge in [-0.3, -0.25) is 9.59 Å². The number of allylic oxidation sites excluding steroid dienone is 1. The zero-order valence-corrected chi connectivity index (χ0v) is 14.0. The molecule has 1 aromatic carbocycles. The Labute approximate surface area is 140 Å². The molecule has 24 heavy (non-hydrogen) atoms. The minimum Gasteiger partial charge on any atom is -0.481 e. The summed E-state index contributed by atoms with van der Waals surface area (Å²) in [6, 6.07) is 9.34. The average molecular weight is 331 g/mol. The van der Waals surface area contributed by atoms with Crippen molar-refractivity contribution in [3.8, 4) is 0 Å². The molecule has 1 heterocycles. The molecule has 128 valence electrons. The van der Waals surface area contributed by atoms with Crippen LogP contribution in [0.3, 0.4) is 0 Å². The highest BCUT2D eigenvalue weighted by Crippen LogP contribution is 2.36. The summed E-state index contributed by atoms with van der Waals surface area (Å²) in [7, 11) is 0. The van der Waals surface area contributed by atoms with E-state index in [2.05, 4.69) is 0 Å². The lowest BCUT2D eigenvalue weighted by atomic mass is 9.87. The second-order valence-electron chi connectivity index (χ2n) is 5.73. The number of carboxylic acids is 1. The van der Waals surface area contributed by atoms with Crippen LogP contribution in [0.4, 0.5) is 0 Å². The first-order chi connectivity index (χ1) is 11.4. The summed E-state index contributed by atoms with van der Waals surface area (Å²) in [6.07, 6.45) is 0. The van der Waals surface area contributed by atoms with Gasteiger partial charge in [0.25, 0.3) is 0 Å². The molecule has 0 aliphatic carbocycles. The molecule has 0 unspecified atom stereocenters. The molecule has 0 spiro atoms. The van der Waals surface area contributed by atoms with Gasteiger partial charge in [-0.2, -0.15) is 0 Å². The van der Waals surface area contributed by atoms with Gasteiger partial charge in [-0.25, -0.2) is 4.79 Å². The van der Waals surface area contributed by atoms with Gasteiger partial charge in [0.05, 0.1) is 30.6 Å². The van der Waals surface area contributed by atoms with E-state index in [9.17, 15) is 19.5 Å². The molecule has 1 aliphatic heterocycles. The molecule has 0 saturated heterocycles. The van der Waals surface area contributed by atoms with Gasteiger partial charge in [0.2, 0.25) is 5.91 Å². The van der Waals surface area contributed by atoms with Crippen molar-refractivity contribution in [1.29, 1.82) is 0 Å². The summed E-state index contributed by atoms with van der Waals surface area (Å²) in [5, 5.41) is 9.31. The molecule has 2 atom stereocenters. The van der Waals surface area contributed by atoms with E-state index < -0.39 is 23.8 Å². The number of aliphatic carboxylic acids is 1. The number of carbonyl (C=O) groups excluding carboxylic acids is 2. The normalized spacial score (nSPS) is 18.7. The van der Waals surface area contributed by atoms with Gasteiger partial charge in [0, 0.05) is 5.70 Å². The van der Waals surface area contributed by atoms with Crippen molar-refractivity contribution >= 4 is 17.8 Å². The van der Waals surface area contributed by atoms with Gasteiger partial charge < -0.3 is 14.7 Å². The Morgan fingerprint density at radius 2 is 1.92 bits per heavy atom. The summed E-state index contributed by atoms with van der Waals surface area (Å²) >= 11 is 0. The van der Waals surface area contributed by atoms with Crippen LogP contribution >= 0.6 is 0 Å². The molecule has 0 aromatic heterocycles. The first-order valence-corrected chi connectivity index (χ1v) is 7.84. The van der Waals surface area contributed by atoms with Crippen molar-refractivity contribution < 1.29 is 24.2 Å². The molecule has 1 N–H and O–H groups in total. The maximum atomic E-state index is 12.8. The van der Waals surface area contributed by atoms with Crippen molar-refractivity contribution in [1.82, 2.24) is 4.90 Å². The van der Waals surface area contributed by atoms with E-state index in [1.54, 1.807) is 13.8 Å². The van der Waals surface area contributed by atoms with Crippen molar-refractivity contribution in [2.75, 3.05) is 6.61 Å². The number of hydrogen-bond donors (Lipinski definition) is 1. The molecule has 0 radical (unpaired) electrons. The highest BCUT2D eigenvalue weighted by molar-refractivity contribution is 6.03. The zero-order valence-electron chi connectivity index (χ0n) is 14.0. The van der Waals surface area contributed by atoms with E-state index in [0.717, 1.165) is 5.56 Å². The predicted octanol–water partition coefficient (Wildman–Crippen LogP) is 2.20. The van der Waals surface area contributed by atoms with Crippen LogP contribution in [0.1, 0.15) is 26.3 Å². The molecule has 1 aromatic rings. The minimum absolute atomic E-state index is 0.146. The molecule has 0 saturated carbocycles. The van der Waals surface area contributed by atoms with E-state index in [4.69, 9.17) is 4.74 Å². The van der Waals surface area contributed by atoms with E-state index in [-0.39, 0.29) is 24.6 Å². The SMILES string of the molecule is CCOC(=O)C1=C(C)N(Cc2ccccc2)C(=O)[C@H]1[C@@H](C)C(=O)O. The van der Waals surface area contributed by atoms with Gasteiger partial charge in [0.1, 0.15) is 0 Å². The molecule has 6 heteroatoms. The maximum absolute atomic E-state index is 12.8. The molecule has 2 rings (SSSR count). The van der Waals surface area contributed by atoms with Gasteiger partial charge in [-0.05, 0) is 19.4 Å². The number of amides is 1. The third-order valence-electron chi connectivity index (χ3n) is 4.21. The fourth-order valence-corrected chi connectivity index (χ4v) is 2.88. The zero-order chi connectivity index (χ0) is 17.9. The summed E-state index contributed by atoms with van der Waals surface area (Å²) < 4.78 is 5.03. The number of benzene rings is 1. The summed E-state index contributed by atoms with van der Waals surface area (Å²) in [5.41, 5.74) is 1.50. The number of ether oxygens (including phenoxy) is 1. The Bertz CT molecular complexity index is 680. The molecule has 1 aliphatic rings. The van der Waals surface area contributed by atoms with Crippen molar-refractivity contribution in [2.45, 2.75) is 27.3 Å². The van der Waals surface area contributed by atoms with Crippen LogP contribution in [-0.2, 0) is 25.7 Å². The number of hydrogen-bond acceptors (Lipinski definition) is 4. The Balaban J connectivity index is 2.40. The van der Waals surface area contributed by atoms with Crippen molar-refractivity contribution in [3.63, 3.8) is 0 Å². The monoisotopic (exact) mass is 331 g/mol. The number of rotatable bonds is 6. The van der Waals surface area contributed by atoms with Crippen LogP contribution in [0.2, 0.25) is 0 Å². The standard InChI is InChI=1S/C18H21NO5/c1-4-24-18(23)15-12(3)19(10-13-8-6-5-7-9-13)16(20)14(15)11(2)17(21)22/h5-9,11,14H,4,10H2,1-3H3,(H,21,22)/t11-,14+/m1/s1. The smallest absolute Gasteiger partial charge is 0.336 e. The third kappa shape index (κ3) is 3.32. The maximum Gasteiger partial charge on any atom is 0.336 e. The Morgan fingerprint density at radius 3 is 2.46 bits per heavy atom. The predicted molar refractivity (Wildman–Crippen MR) is 86.6 cm³/mol. The molecular weight excluding hydrogens is 310 g/mol. The van der Waals surface area contributed by atoms with E-state index in [1.807, 2.05) is 30.3 Å². The molecule has 0 fully saturated rings.